The largest absolute Gasteiger partial charge is 0.460 e. The molecule has 0 radical (unpaired) electrons. The molecule has 0 amide bonds. The Morgan fingerprint density at radius 1 is 0.545 bits per heavy atom. The highest BCUT2D eigenvalue weighted by atomic mass is 16.6. The van der Waals surface area contributed by atoms with Gasteiger partial charge >= 0.3 is 17.9 Å². The fourth-order valence-corrected chi connectivity index (χ4v) is 1.51. The highest BCUT2D eigenvalue weighted by Crippen LogP contribution is 1.97. The van der Waals surface area contributed by atoms with Gasteiger partial charge in [0.15, 0.2) is 0 Å². The Hall–Kier alpha value is -2.49. The number of esters is 3. The minimum Gasteiger partial charge on any atom is -0.460 e. The number of hydrogen-bond acceptors (Lipinski definition) is 9. The zero-order valence-corrected chi connectivity index (χ0v) is 15.3. The summed E-state index contributed by atoms with van der Waals surface area (Å²) in [6.45, 7) is 10.8. The molecule has 0 aliphatic rings. The van der Waals surface area contributed by atoms with Crippen LogP contribution < -0.4 is 0 Å². The van der Waals surface area contributed by atoms with Crippen LogP contribution in [-0.4, -0.2) is 76.9 Å². The van der Waals surface area contributed by atoms with Crippen LogP contribution in [0.15, 0.2) is 38.0 Å². The standard InChI is InChI=1S/C18H26O9.6CH4/c1-4-16(19)25-9-7-22-13-15(24-11-12-27-18(21)6-3)14-23-8-10-26-17(20)5-2;;;;;;/h4-6,15H,1-3,7-14H2;6*1H4. The van der Waals surface area contributed by atoms with Gasteiger partial charge in [0, 0.05) is 18.2 Å². The van der Waals surface area contributed by atoms with E-state index in [-0.39, 0.29) is 97.4 Å². The third-order valence-corrected chi connectivity index (χ3v) is 2.73. The van der Waals surface area contributed by atoms with Crippen LogP contribution in [0.25, 0.3) is 0 Å². The molecule has 0 aromatic heterocycles. The second kappa shape index (κ2) is 34.1. The number of hydrogen-bond donors (Lipinski definition) is 0. The highest BCUT2D eigenvalue weighted by molar-refractivity contribution is 5.81. The molecule has 0 N–H and O–H groups in total. The van der Waals surface area contributed by atoms with Crippen molar-refractivity contribution in [2.24, 2.45) is 0 Å². The molecule has 0 unspecified atom stereocenters. The van der Waals surface area contributed by atoms with Crippen molar-refractivity contribution in [1.29, 1.82) is 0 Å². The first-order chi connectivity index (χ1) is 13.0. The van der Waals surface area contributed by atoms with E-state index >= 15 is 0 Å². The van der Waals surface area contributed by atoms with Crippen LogP contribution in [0.3, 0.4) is 0 Å². The van der Waals surface area contributed by atoms with Crippen LogP contribution in [0.4, 0.5) is 0 Å². The lowest BCUT2D eigenvalue weighted by Crippen LogP contribution is -2.29. The van der Waals surface area contributed by atoms with Gasteiger partial charge in [0.1, 0.15) is 25.9 Å². The molecule has 33 heavy (non-hydrogen) atoms. The molecule has 0 saturated heterocycles. The Bertz CT molecular complexity index is 460. The molecule has 0 atom stereocenters. The topological polar surface area (TPSA) is 107 Å². The van der Waals surface area contributed by atoms with Crippen LogP contribution in [0.2, 0.25) is 0 Å². The molecule has 0 aliphatic carbocycles. The van der Waals surface area contributed by atoms with E-state index in [4.69, 9.17) is 28.4 Å². The van der Waals surface area contributed by atoms with Gasteiger partial charge in [0.25, 0.3) is 0 Å². The van der Waals surface area contributed by atoms with E-state index in [9.17, 15) is 14.4 Å². The third-order valence-electron chi connectivity index (χ3n) is 2.73. The SMILES string of the molecule is C.C.C.C.C.C.C=CC(=O)OCCOCC(COCCOC(=O)C=C)OCCOC(=O)C=C. The summed E-state index contributed by atoms with van der Waals surface area (Å²) in [7, 11) is 0. The monoisotopic (exact) mass is 482 g/mol. The van der Waals surface area contributed by atoms with Gasteiger partial charge in [-0.15, -0.1) is 0 Å². The molecule has 9 nitrogen and oxygen atoms in total. The molecule has 0 rings (SSSR count). The molecule has 0 aromatic rings. The molecular weight excluding hydrogens is 432 g/mol. The zero-order valence-electron chi connectivity index (χ0n) is 15.3. The van der Waals surface area contributed by atoms with E-state index < -0.39 is 24.0 Å². The lowest BCUT2D eigenvalue weighted by atomic mass is 10.4. The Kier molecular flexibility index (Phi) is 49.7. The summed E-state index contributed by atoms with van der Waals surface area (Å²) >= 11 is 0. The van der Waals surface area contributed by atoms with Crippen molar-refractivity contribution in [2.45, 2.75) is 50.7 Å². The van der Waals surface area contributed by atoms with Gasteiger partial charge in [-0.05, 0) is 0 Å². The summed E-state index contributed by atoms with van der Waals surface area (Å²) in [6.07, 6.45) is 2.71. The van der Waals surface area contributed by atoms with Crippen molar-refractivity contribution < 1.29 is 42.8 Å². The molecular formula is C24H50O9. The second-order valence-corrected chi connectivity index (χ2v) is 4.76. The molecule has 0 heterocycles. The highest BCUT2D eigenvalue weighted by Gasteiger charge is 2.11. The third kappa shape index (κ3) is 31.8. The van der Waals surface area contributed by atoms with Gasteiger partial charge in [0.05, 0.1) is 33.0 Å². The van der Waals surface area contributed by atoms with Crippen molar-refractivity contribution in [1.82, 2.24) is 0 Å². The van der Waals surface area contributed by atoms with Crippen LogP contribution in [0.1, 0.15) is 44.6 Å². The lowest BCUT2D eigenvalue weighted by molar-refractivity contribution is -0.144. The Labute approximate surface area is 202 Å². The van der Waals surface area contributed by atoms with Crippen molar-refractivity contribution in [2.75, 3.05) is 52.9 Å². The molecule has 0 aromatic carbocycles. The summed E-state index contributed by atoms with van der Waals surface area (Å²) in [6, 6.07) is 0. The van der Waals surface area contributed by atoms with Gasteiger partial charge in [-0.25, -0.2) is 14.4 Å². The first-order valence-corrected chi connectivity index (χ1v) is 8.18. The van der Waals surface area contributed by atoms with Gasteiger partial charge < -0.3 is 28.4 Å². The fourth-order valence-electron chi connectivity index (χ4n) is 1.51. The molecule has 0 saturated carbocycles. The van der Waals surface area contributed by atoms with Gasteiger partial charge in [-0.3, -0.25) is 0 Å². The maximum Gasteiger partial charge on any atom is 0.330 e. The lowest BCUT2D eigenvalue weighted by Gasteiger charge is -2.18. The van der Waals surface area contributed by atoms with E-state index in [1.165, 1.54) is 0 Å². The summed E-state index contributed by atoms with van der Waals surface area (Å²) in [5.74, 6) is -1.61. The minimum absolute atomic E-state index is 0. The summed E-state index contributed by atoms with van der Waals surface area (Å²) in [5, 5.41) is 0. The number of carbonyl (C=O) groups excluding carboxylic acids is 3. The van der Waals surface area contributed by atoms with E-state index in [2.05, 4.69) is 19.7 Å². The van der Waals surface area contributed by atoms with E-state index in [0.29, 0.717) is 0 Å². The summed E-state index contributed by atoms with van der Waals surface area (Å²) < 4.78 is 30.6. The van der Waals surface area contributed by atoms with Crippen molar-refractivity contribution in [3.8, 4) is 0 Å². The average molecular weight is 483 g/mol. The number of carbonyl (C=O) groups is 3. The van der Waals surface area contributed by atoms with Gasteiger partial charge in [0.2, 0.25) is 0 Å². The van der Waals surface area contributed by atoms with E-state index in [0.717, 1.165) is 18.2 Å². The maximum absolute atomic E-state index is 11.0. The van der Waals surface area contributed by atoms with Crippen LogP contribution in [-0.2, 0) is 42.8 Å². The van der Waals surface area contributed by atoms with Crippen molar-refractivity contribution >= 4 is 17.9 Å². The number of ether oxygens (including phenoxy) is 6. The Balaban J connectivity index is -0.000000225. The normalized spacial score (nSPS) is 8.27. The van der Waals surface area contributed by atoms with Crippen molar-refractivity contribution in [3.05, 3.63) is 38.0 Å². The average Bonchev–Trinajstić information content (AvgIpc) is 2.68. The van der Waals surface area contributed by atoms with Crippen molar-refractivity contribution in [3.63, 3.8) is 0 Å². The first kappa shape index (κ1) is 48.1. The van der Waals surface area contributed by atoms with Crippen LogP contribution in [0.5, 0.6) is 0 Å². The fraction of sp³-hybridized carbons (Fsp3) is 0.625. The molecule has 200 valence electrons. The quantitative estimate of drug-likeness (QED) is 0.129. The molecule has 0 fully saturated rings. The minimum atomic E-state index is -0.546. The van der Waals surface area contributed by atoms with Gasteiger partial charge in [-0.1, -0.05) is 64.3 Å². The van der Waals surface area contributed by atoms with Gasteiger partial charge in [-0.2, -0.15) is 0 Å². The molecule has 9 heteroatoms. The molecule has 0 bridgehead atoms. The summed E-state index contributed by atoms with van der Waals surface area (Å²) in [4.78, 5) is 32.8. The second-order valence-electron chi connectivity index (χ2n) is 4.76. The smallest absolute Gasteiger partial charge is 0.330 e. The molecule has 0 aliphatic heterocycles. The number of rotatable bonds is 17. The first-order valence-electron chi connectivity index (χ1n) is 8.18. The maximum atomic E-state index is 11.0. The zero-order chi connectivity index (χ0) is 20.3. The molecule has 0 spiro atoms. The van der Waals surface area contributed by atoms with Crippen LogP contribution >= 0.6 is 0 Å². The van der Waals surface area contributed by atoms with E-state index in [1.807, 2.05) is 0 Å². The predicted octanol–water partition coefficient (Wildman–Crippen LogP) is 4.41. The van der Waals surface area contributed by atoms with Crippen LogP contribution in [0, 0.1) is 0 Å². The van der Waals surface area contributed by atoms with E-state index in [1.54, 1.807) is 0 Å². The summed E-state index contributed by atoms with van der Waals surface area (Å²) in [5.41, 5.74) is 0. The predicted molar refractivity (Wildman–Crippen MR) is 135 cm³/mol. The Morgan fingerprint density at radius 2 is 0.848 bits per heavy atom. The Morgan fingerprint density at radius 3 is 1.15 bits per heavy atom.